The Hall–Kier alpha value is -3.33. The number of hydrogen-bond acceptors (Lipinski definition) is 3. The van der Waals surface area contributed by atoms with Gasteiger partial charge in [-0.15, -0.1) is 0 Å². The van der Waals surface area contributed by atoms with Crippen molar-refractivity contribution in [2.75, 3.05) is 33.2 Å². The maximum absolute atomic E-state index is 9.64. The molecule has 0 aliphatic carbocycles. The predicted molar refractivity (Wildman–Crippen MR) is 125 cm³/mol. The van der Waals surface area contributed by atoms with Crippen LogP contribution in [0.2, 0.25) is 0 Å². The monoisotopic (exact) mass is 411 g/mol. The number of aromatic hydroxyl groups is 1. The molecule has 0 bridgehead atoms. The van der Waals surface area contributed by atoms with Crippen LogP contribution in [0.5, 0.6) is 5.75 Å². The van der Waals surface area contributed by atoms with E-state index in [4.69, 9.17) is 0 Å². The van der Waals surface area contributed by atoms with Crippen LogP contribution in [0.4, 0.5) is 0 Å². The van der Waals surface area contributed by atoms with E-state index in [1.165, 1.54) is 5.56 Å². The average Bonchev–Trinajstić information content (AvgIpc) is 3.11. The molecule has 0 spiro atoms. The van der Waals surface area contributed by atoms with Crippen LogP contribution in [-0.4, -0.2) is 59.0 Å². The Morgan fingerprint density at radius 1 is 0.968 bits per heavy atom. The molecule has 0 atom stereocenters. The summed E-state index contributed by atoms with van der Waals surface area (Å²) < 4.78 is 4.56. The van der Waals surface area contributed by atoms with Crippen molar-refractivity contribution in [2.45, 2.75) is 13.5 Å². The van der Waals surface area contributed by atoms with E-state index in [1.807, 2.05) is 12.1 Å². The number of aromatic nitrogens is 1. The number of nitrogens with one attached hydrogen (secondary N) is 1. The van der Waals surface area contributed by atoms with Crippen molar-refractivity contribution in [3.63, 3.8) is 0 Å². The summed E-state index contributed by atoms with van der Waals surface area (Å²) in [7, 11) is 2.19. The SMILES string of the molecule is Cc1[nH]c2c(c1-c1ccc(O)cc1)=CC(c1ccc(CN3CCN(C)CC3)cc1)=C=[N+]=2. The lowest BCUT2D eigenvalue weighted by molar-refractivity contribution is 0.148. The number of piperazine rings is 1. The van der Waals surface area contributed by atoms with Crippen LogP contribution in [-0.2, 0) is 6.54 Å². The summed E-state index contributed by atoms with van der Waals surface area (Å²) in [6.45, 7) is 7.57. The molecule has 2 aliphatic heterocycles. The van der Waals surface area contributed by atoms with Gasteiger partial charge in [0.1, 0.15) is 11.4 Å². The van der Waals surface area contributed by atoms with Gasteiger partial charge in [0.05, 0.1) is 10.8 Å². The highest BCUT2D eigenvalue weighted by Crippen LogP contribution is 2.22. The molecular formula is C26H27N4O+. The molecule has 1 saturated heterocycles. The Balaban J connectivity index is 1.42. The lowest BCUT2D eigenvalue weighted by atomic mass is 10.00. The second kappa shape index (κ2) is 8.07. The van der Waals surface area contributed by atoms with Gasteiger partial charge in [0.25, 0.3) is 0 Å². The van der Waals surface area contributed by atoms with Crippen molar-refractivity contribution in [3.05, 3.63) is 76.1 Å². The largest absolute Gasteiger partial charge is 0.508 e. The number of benzene rings is 2. The summed E-state index contributed by atoms with van der Waals surface area (Å²) in [5.74, 6) is 3.47. The molecule has 0 radical (unpaired) electrons. The molecule has 0 saturated carbocycles. The van der Waals surface area contributed by atoms with Gasteiger partial charge in [-0.05, 0) is 48.9 Å². The highest BCUT2D eigenvalue weighted by Gasteiger charge is 2.18. The van der Waals surface area contributed by atoms with E-state index >= 15 is 0 Å². The highest BCUT2D eigenvalue weighted by atomic mass is 16.3. The molecule has 2 N–H and O–H groups in total. The van der Waals surface area contributed by atoms with E-state index in [0.717, 1.165) is 71.4 Å². The Kier molecular flexibility index (Phi) is 5.11. The second-order valence-electron chi connectivity index (χ2n) is 8.49. The molecule has 5 rings (SSSR count). The quantitative estimate of drug-likeness (QED) is 0.643. The molecule has 3 aromatic rings. The van der Waals surface area contributed by atoms with Crippen LogP contribution in [0, 0.1) is 6.92 Å². The number of nitrogens with zero attached hydrogens (tertiary/aromatic N) is 3. The molecule has 5 nitrogen and oxygen atoms in total. The van der Waals surface area contributed by atoms with Crippen molar-refractivity contribution in [3.8, 4) is 16.9 Å². The fourth-order valence-corrected chi connectivity index (χ4v) is 4.35. The van der Waals surface area contributed by atoms with Crippen molar-refractivity contribution >= 4 is 17.5 Å². The first-order chi connectivity index (χ1) is 15.1. The predicted octanol–water partition coefficient (Wildman–Crippen LogP) is 1.68. The number of allylic oxidation sites excluding steroid dienone is 1. The number of hydrogen-bond donors (Lipinski definition) is 2. The van der Waals surface area contributed by atoms with Gasteiger partial charge in [0, 0.05) is 38.3 Å². The Bertz CT molecular complexity index is 1300. The Morgan fingerprint density at radius 3 is 2.35 bits per heavy atom. The molecule has 1 aromatic heterocycles. The maximum Gasteiger partial charge on any atom is 0.391 e. The van der Waals surface area contributed by atoms with Gasteiger partial charge in [-0.1, -0.05) is 36.4 Å². The van der Waals surface area contributed by atoms with Gasteiger partial charge in [-0.25, -0.2) is 4.98 Å². The zero-order valence-electron chi connectivity index (χ0n) is 18.0. The van der Waals surface area contributed by atoms with Crippen LogP contribution in [0.25, 0.3) is 22.8 Å². The summed E-state index contributed by atoms with van der Waals surface area (Å²) >= 11 is 0. The van der Waals surface area contributed by atoms with E-state index in [0.29, 0.717) is 0 Å². The molecular weight excluding hydrogens is 384 g/mol. The number of phenols is 1. The minimum Gasteiger partial charge on any atom is -0.508 e. The lowest BCUT2D eigenvalue weighted by Crippen LogP contribution is -2.43. The highest BCUT2D eigenvalue weighted by molar-refractivity contribution is 6.05. The third-order valence-corrected chi connectivity index (χ3v) is 6.21. The lowest BCUT2D eigenvalue weighted by Gasteiger charge is -2.32. The first-order valence-corrected chi connectivity index (χ1v) is 10.8. The van der Waals surface area contributed by atoms with Crippen LogP contribution in [0.3, 0.4) is 0 Å². The fraction of sp³-hybridized carbons (Fsp3) is 0.269. The molecule has 31 heavy (non-hydrogen) atoms. The first kappa shape index (κ1) is 19.6. The molecule has 5 heteroatoms. The van der Waals surface area contributed by atoms with E-state index in [-0.39, 0.29) is 5.75 Å². The number of H-pyrrole nitrogens is 1. The van der Waals surface area contributed by atoms with Crippen LogP contribution >= 0.6 is 0 Å². The maximum atomic E-state index is 9.64. The third kappa shape index (κ3) is 4.00. The van der Waals surface area contributed by atoms with Crippen molar-refractivity contribution in [1.82, 2.24) is 19.5 Å². The van der Waals surface area contributed by atoms with E-state index in [9.17, 15) is 5.11 Å². The molecule has 1 fully saturated rings. The van der Waals surface area contributed by atoms with Crippen molar-refractivity contribution in [2.24, 2.45) is 0 Å². The van der Waals surface area contributed by atoms with Crippen LogP contribution < -0.4 is 15.4 Å². The summed E-state index contributed by atoms with van der Waals surface area (Å²) in [5, 5.41) is 10.7. The molecule has 0 unspecified atom stereocenters. The molecule has 2 aromatic carbocycles. The standard InChI is InChI=1S/C26H26N4O/c1-18-25(21-7-9-23(31)10-8-21)24-15-22(16-27-26(24)28-18)20-5-3-19(4-6-20)17-30-13-11-29(2)12-14-30/h3-10,15,31H,11-14,17H2,1-2H3/p+1. The van der Waals surface area contributed by atoms with Gasteiger partial charge in [0.15, 0.2) is 5.87 Å². The number of phenolic OH excluding ortho intramolecular Hbond substituents is 1. The van der Waals surface area contributed by atoms with Gasteiger partial charge in [-0.3, -0.25) is 4.90 Å². The number of aryl methyl sites for hydroxylation is 1. The van der Waals surface area contributed by atoms with Crippen LogP contribution in [0.1, 0.15) is 16.8 Å². The summed E-state index contributed by atoms with van der Waals surface area (Å²) in [6, 6.07) is 16.1. The molecule has 0 amide bonds. The Labute approximate surface area is 182 Å². The zero-order chi connectivity index (χ0) is 21.4. The normalized spacial score (nSPS) is 16.4. The fourth-order valence-electron chi connectivity index (χ4n) is 4.35. The topological polar surface area (TPSA) is 56.6 Å². The average molecular weight is 412 g/mol. The Morgan fingerprint density at radius 2 is 1.65 bits per heavy atom. The van der Waals surface area contributed by atoms with Gasteiger partial charge in [-0.2, -0.15) is 4.67 Å². The zero-order valence-corrected chi connectivity index (χ0v) is 18.0. The van der Waals surface area contributed by atoms with Crippen molar-refractivity contribution < 1.29 is 5.11 Å². The minimum absolute atomic E-state index is 0.269. The van der Waals surface area contributed by atoms with E-state index in [1.54, 1.807) is 12.1 Å². The van der Waals surface area contributed by atoms with Crippen molar-refractivity contribution in [1.29, 1.82) is 0 Å². The number of fused-ring (bicyclic) bond motifs is 1. The van der Waals surface area contributed by atoms with E-state index in [2.05, 4.69) is 69.6 Å². The minimum atomic E-state index is 0.269. The molecule has 2 aliphatic rings. The van der Waals surface area contributed by atoms with E-state index < -0.39 is 0 Å². The summed E-state index contributed by atoms with van der Waals surface area (Å²) in [6.07, 6.45) is 2.16. The molecule has 3 heterocycles. The first-order valence-electron chi connectivity index (χ1n) is 10.8. The second-order valence-corrected chi connectivity index (χ2v) is 8.49. The number of aromatic amines is 1. The van der Waals surface area contributed by atoms with Gasteiger partial charge in [0.2, 0.25) is 0 Å². The summed E-state index contributed by atoms with van der Waals surface area (Å²) in [5.41, 5.74) is 7.50. The number of rotatable bonds is 4. The number of likely N-dealkylation sites (N-methyl/N-ethyl adjacent to an activating group) is 1. The smallest absolute Gasteiger partial charge is 0.391 e. The summed E-state index contributed by atoms with van der Waals surface area (Å²) in [4.78, 5) is 8.26. The van der Waals surface area contributed by atoms with Crippen LogP contribution in [0.15, 0.2) is 48.5 Å². The third-order valence-electron chi connectivity index (χ3n) is 6.21. The van der Waals surface area contributed by atoms with Gasteiger partial charge < -0.3 is 10.0 Å². The molecule has 156 valence electrons. The van der Waals surface area contributed by atoms with Gasteiger partial charge >= 0.3 is 5.49 Å².